The summed E-state index contributed by atoms with van der Waals surface area (Å²) in [6.45, 7) is 21.3. The van der Waals surface area contributed by atoms with E-state index in [1.165, 1.54) is 0 Å². The molecule has 1 aromatic carbocycles. The average molecular weight is 681 g/mol. The molecule has 10 nitrogen and oxygen atoms in total. The molecule has 1 aromatic heterocycles. The third-order valence-electron chi connectivity index (χ3n) is 9.83. The van der Waals surface area contributed by atoms with Gasteiger partial charge in [-0.2, -0.15) is 0 Å². The van der Waals surface area contributed by atoms with Crippen molar-refractivity contribution in [3.05, 3.63) is 84.1 Å². The second-order valence-corrected chi connectivity index (χ2v) is 14.5. The fourth-order valence-corrected chi connectivity index (χ4v) is 6.03. The molecular formula is C37H53ClN6O4. The number of rotatable bonds is 14. The molecule has 1 saturated carbocycles. The molecule has 0 radical (unpaired) electrons. The highest BCUT2D eigenvalue weighted by Gasteiger charge is 2.40. The van der Waals surface area contributed by atoms with Gasteiger partial charge in [-0.25, -0.2) is 14.6 Å². The summed E-state index contributed by atoms with van der Waals surface area (Å²) >= 11 is 6.68. The summed E-state index contributed by atoms with van der Waals surface area (Å²) in [6.07, 6.45) is 11.2. The zero-order valence-corrected chi connectivity index (χ0v) is 30.4. The van der Waals surface area contributed by atoms with Crippen LogP contribution in [0.4, 0.5) is 9.59 Å². The van der Waals surface area contributed by atoms with Gasteiger partial charge in [0.05, 0.1) is 36.9 Å². The van der Waals surface area contributed by atoms with Crippen LogP contribution in [-0.2, 0) is 16.5 Å². The molecule has 11 heteroatoms. The number of carbonyl (C=O) groups is 2. The van der Waals surface area contributed by atoms with Crippen molar-refractivity contribution in [1.82, 2.24) is 29.6 Å². The summed E-state index contributed by atoms with van der Waals surface area (Å²) in [5.41, 5.74) is 2.73. The van der Waals surface area contributed by atoms with E-state index < -0.39 is 17.7 Å². The topological polar surface area (TPSA) is 92.2 Å². The van der Waals surface area contributed by atoms with Gasteiger partial charge in [-0.3, -0.25) is 4.90 Å². The van der Waals surface area contributed by atoms with Crippen LogP contribution in [0.3, 0.4) is 0 Å². The zero-order valence-electron chi connectivity index (χ0n) is 29.7. The Bertz CT molecular complexity index is 1490. The molecule has 2 heterocycles. The van der Waals surface area contributed by atoms with Gasteiger partial charge in [0, 0.05) is 56.8 Å². The number of aryl methyl sites for hydroxylation is 1. The van der Waals surface area contributed by atoms with Gasteiger partial charge < -0.3 is 29.2 Å². The molecular weight excluding hydrogens is 628 g/mol. The van der Waals surface area contributed by atoms with E-state index >= 15 is 0 Å². The molecule has 262 valence electrons. The number of hydrogen-bond donors (Lipinski definition) is 1. The number of amides is 2. The maximum atomic E-state index is 13.3. The molecule has 0 spiro atoms. The van der Waals surface area contributed by atoms with E-state index in [0.29, 0.717) is 49.8 Å². The number of allylic oxidation sites excluding steroid dienone is 2. The van der Waals surface area contributed by atoms with E-state index in [1.807, 2.05) is 69.9 Å². The van der Waals surface area contributed by atoms with Gasteiger partial charge in [-0.05, 0) is 81.1 Å². The summed E-state index contributed by atoms with van der Waals surface area (Å²) in [7, 11) is 3.92. The number of halogens is 1. The molecule has 1 saturated heterocycles. The summed E-state index contributed by atoms with van der Waals surface area (Å²) in [6, 6.07) is 5.06. The first kappa shape index (κ1) is 37.1. The minimum atomic E-state index is -0.649. The quantitative estimate of drug-likeness (QED) is 0.209. The van der Waals surface area contributed by atoms with E-state index in [4.69, 9.17) is 21.1 Å². The van der Waals surface area contributed by atoms with Crippen molar-refractivity contribution in [3.63, 3.8) is 0 Å². The van der Waals surface area contributed by atoms with Crippen LogP contribution in [0.1, 0.15) is 82.8 Å². The number of piperazine rings is 1. The first-order chi connectivity index (χ1) is 22.7. The first-order valence-electron chi connectivity index (χ1n) is 16.8. The van der Waals surface area contributed by atoms with Crippen LogP contribution < -0.4 is 5.32 Å². The molecule has 1 aliphatic heterocycles. The molecule has 0 bridgehead atoms. The van der Waals surface area contributed by atoms with Gasteiger partial charge in [0.25, 0.3) is 0 Å². The van der Waals surface area contributed by atoms with E-state index in [1.54, 1.807) is 23.5 Å². The number of ether oxygens (including phenoxy) is 2. The molecule has 48 heavy (non-hydrogen) atoms. The number of alkyl carbamates (subject to hydrolysis) is 1. The van der Waals surface area contributed by atoms with Gasteiger partial charge in [0.2, 0.25) is 0 Å². The number of nitrogens with zero attached hydrogens (tertiary/aromatic N) is 5. The average Bonchev–Trinajstić information content (AvgIpc) is 3.65. The van der Waals surface area contributed by atoms with Crippen LogP contribution in [0, 0.1) is 5.41 Å². The lowest BCUT2D eigenvalue weighted by molar-refractivity contribution is 0.0350. The molecule has 3 atom stereocenters. The summed E-state index contributed by atoms with van der Waals surface area (Å²) in [5.74, 6) is 0. The van der Waals surface area contributed by atoms with Crippen LogP contribution >= 0.6 is 11.6 Å². The predicted octanol–water partition coefficient (Wildman–Crippen LogP) is 7.36. The van der Waals surface area contributed by atoms with E-state index in [9.17, 15) is 9.59 Å². The summed E-state index contributed by atoms with van der Waals surface area (Å²) in [5, 5.41) is 3.62. The highest BCUT2D eigenvalue weighted by molar-refractivity contribution is 6.30. The second kappa shape index (κ2) is 15.6. The molecule has 2 aliphatic rings. The number of benzene rings is 1. The fourth-order valence-electron chi connectivity index (χ4n) is 5.86. The SMILES string of the molecule is C=C/C=C\N(C)C(C)[C@H](c1ccc(Cl)cc1C(=C)[C@@H](NC(=O)OC(C)(C)CC)c1cncn1C)N1CCN(C(=O)OCC2(C)CC2)CC1. The maximum absolute atomic E-state index is 13.3. The Morgan fingerprint density at radius 1 is 1.23 bits per heavy atom. The molecule has 2 amide bonds. The van der Waals surface area contributed by atoms with Crippen molar-refractivity contribution in [2.75, 3.05) is 39.8 Å². The van der Waals surface area contributed by atoms with Gasteiger partial charge in [-0.1, -0.05) is 50.7 Å². The molecule has 2 aromatic rings. The van der Waals surface area contributed by atoms with Crippen molar-refractivity contribution in [3.8, 4) is 0 Å². The largest absolute Gasteiger partial charge is 0.449 e. The van der Waals surface area contributed by atoms with Gasteiger partial charge in [-0.15, -0.1) is 0 Å². The third kappa shape index (κ3) is 9.23. The molecule has 1 aliphatic carbocycles. The van der Waals surface area contributed by atoms with E-state index in [0.717, 1.165) is 29.7 Å². The van der Waals surface area contributed by atoms with Crippen molar-refractivity contribution < 1.29 is 19.1 Å². The van der Waals surface area contributed by atoms with Crippen LogP contribution in [-0.4, -0.2) is 87.9 Å². The van der Waals surface area contributed by atoms with Crippen LogP contribution in [0.2, 0.25) is 5.02 Å². The van der Waals surface area contributed by atoms with Gasteiger partial charge in [0.15, 0.2) is 0 Å². The molecule has 2 fully saturated rings. The minimum absolute atomic E-state index is 0.0133. The highest BCUT2D eigenvalue weighted by atomic mass is 35.5. The summed E-state index contributed by atoms with van der Waals surface area (Å²) < 4.78 is 13.3. The number of nitrogens with one attached hydrogen (secondary N) is 1. The van der Waals surface area contributed by atoms with Crippen molar-refractivity contribution in [2.24, 2.45) is 12.5 Å². The standard InChI is InChI=1S/C37H53ClN6O4/c1-10-12-17-41(8)27(4)33(43-18-20-44(21-19-43)35(46)47-24-37(7)15-16-37)29-14-13-28(38)22-30(29)26(3)32(31-23-39-25-42(31)9)40-34(45)48-36(5,6)11-2/h10,12-14,17,22-23,25,27,32-33H,1,3,11,15-16,18-21,24H2,2,4-9H3,(H,40,45)/b17-12-/t27?,32-,33-/m1/s1. The number of likely N-dealkylation sites (N-methyl/N-ethyl adjacent to an activating group) is 1. The van der Waals surface area contributed by atoms with Crippen molar-refractivity contribution in [1.29, 1.82) is 0 Å². The first-order valence-corrected chi connectivity index (χ1v) is 17.2. The van der Waals surface area contributed by atoms with Gasteiger partial charge in [0.1, 0.15) is 5.60 Å². The number of carbonyl (C=O) groups excluding carboxylic acids is 2. The number of hydrogen-bond acceptors (Lipinski definition) is 7. The van der Waals surface area contributed by atoms with E-state index in [2.05, 4.69) is 47.1 Å². The molecule has 4 rings (SSSR count). The zero-order chi connectivity index (χ0) is 35.2. The second-order valence-electron chi connectivity index (χ2n) is 14.1. The lowest BCUT2D eigenvalue weighted by Crippen LogP contribution is -2.53. The lowest BCUT2D eigenvalue weighted by Gasteiger charge is -2.44. The van der Waals surface area contributed by atoms with Gasteiger partial charge >= 0.3 is 12.2 Å². The summed E-state index contributed by atoms with van der Waals surface area (Å²) in [4.78, 5) is 36.9. The Kier molecular flexibility index (Phi) is 12.1. The van der Waals surface area contributed by atoms with Crippen LogP contribution in [0.15, 0.2) is 62.2 Å². The Balaban J connectivity index is 1.68. The minimum Gasteiger partial charge on any atom is -0.449 e. The Morgan fingerprint density at radius 3 is 2.50 bits per heavy atom. The molecule has 1 N–H and O–H groups in total. The molecule has 1 unspecified atom stereocenters. The Labute approximate surface area is 291 Å². The fraction of sp³-hybridized carbons (Fsp3) is 0.541. The number of imidazole rings is 1. The van der Waals surface area contributed by atoms with Crippen molar-refractivity contribution >= 4 is 29.4 Å². The highest BCUT2D eigenvalue weighted by Crippen LogP contribution is 2.45. The van der Waals surface area contributed by atoms with Crippen LogP contribution in [0.25, 0.3) is 5.57 Å². The number of aromatic nitrogens is 2. The monoisotopic (exact) mass is 680 g/mol. The third-order valence-corrected chi connectivity index (χ3v) is 10.1. The van der Waals surface area contributed by atoms with E-state index in [-0.39, 0.29) is 23.6 Å². The lowest BCUT2D eigenvalue weighted by atomic mass is 9.87. The maximum Gasteiger partial charge on any atom is 0.409 e. The predicted molar refractivity (Wildman–Crippen MR) is 192 cm³/mol. The smallest absolute Gasteiger partial charge is 0.409 e. The Hall–Kier alpha value is -3.76. The van der Waals surface area contributed by atoms with Crippen LogP contribution in [0.5, 0.6) is 0 Å². The normalized spacial score (nSPS) is 18.1. The van der Waals surface area contributed by atoms with Crippen molar-refractivity contribution in [2.45, 2.75) is 77.6 Å². The Morgan fingerprint density at radius 2 is 1.92 bits per heavy atom.